The zero-order valence-corrected chi connectivity index (χ0v) is 21.1. The largest absolute Gasteiger partial charge is 0.508 e. The molecule has 186 valence electrons. The predicted octanol–water partition coefficient (Wildman–Crippen LogP) is 4.55. The molecule has 0 spiro atoms. The van der Waals surface area contributed by atoms with Gasteiger partial charge >= 0.3 is 0 Å². The van der Waals surface area contributed by atoms with E-state index in [1.807, 2.05) is 48.2 Å². The quantitative estimate of drug-likeness (QED) is 0.437. The molecule has 1 amide bonds. The van der Waals surface area contributed by atoms with Crippen LogP contribution in [0.15, 0.2) is 48.8 Å². The van der Waals surface area contributed by atoms with Gasteiger partial charge < -0.3 is 19.8 Å². The first kappa shape index (κ1) is 24.2. The second-order valence-electron chi connectivity index (χ2n) is 9.43. The molecule has 1 N–H and O–H groups in total. The van der Waals surface area contributed by atoms with E-state index in [1.54, 1.807) is 19.1 Å². The molecule has 1 aliphatic rings. The number of phenols is 1. The molecule has 9 heteroatoms. The first-order valence-electron chi connectivity index (χ1n) is 11.8. The van der Waals surface area contributed by atoms with Gasteiger partial charge in [0.05, 0.1) is 11.1 Å². The molecule has 7 nitrogen and oxygen atoms in total. The Morgan fingerprint density at radius 2 is 1.94 bits per heavy atom. The molecular formula is C27H27ClFN5O2. The van der Waals surface area contributed by atoms with Crippen LogP contribution in [-0.4, -0.2) is 77.1 Å². The summed E-state index contributed by atoms with van der Waals surface area (Å²) >= 11 is 6.71. The number of hydrogen-bond acceptors (Lipinski definition) is 6. The van der Waals surface area contributed by atoms with E-state index in [4.69, 9.17) is 11.6 Å². The standard InChI is InChI=1S/C27H27ClFN5O2/c1-16(35)34-9-8-33(14-18(34)13-32(2)3)27-22-12-23(28)24(25(29)26(22)30-15-31-27)21-11-19(36)10-17-6-4-5-7-20(17)21/h4-7,10-12,15,18,36H,8-9,13-14H2,1-3H3. The second-order valence-corrected chi connectivity index (χ2v) is 9.84. The van der Waals surface area contributed by atoms with E-state index in [-0.39, 0.29) is 33.8 Å². The van der Waals surface area contributed by atoms with Crippen molar-refractivity contribution in [3.05, 3.63) is 59.6 Å². The maximum Gasteiger partial charge on any atom is 0.219 e. The second kappa shape index (κ2) is 9.52. The average molecular weight is 508 g/mol. The van der Waals surface area contributed by atoms with Gasteiger partial charge in [-0.05, 0) is 48.6 Å². The summed E-state index contributed by atoms with van der Waals surface area (Å²) in [6.07, 6.45) is 1.36. The van der Waals surface area contributed by atoms with Crippen LogP contribution in [-0.2, 0) is 4.79 Å². The van der Waals surface area contributed by atoms with Gasteiger partial charge in [0.1, 0.15) is 23.4 Å². The number of carbonyl (C=O) groups excluding carboxylic acids is 1. The molecule has 36 heavy (non-hydrogen) atoms. The topological polar surface area (TPSA) is 72.8 Å². The number of anilines is 1. The Morgan fingerprint density at radius 3 is 2.69 bits per heavy atom. The summed E-state index contributed by atoms with van der Waals surface area (Å²) in [7, 11) is 3.94. The van der Waals surface area contributed by atoms with Crippen LogP contribution in [0, 0.1) is 5.82 Å². The number of benzene rings is 3. The van der Waals surface area contributed by atoms with Crippen molar-refractivity contribution in [2.75, 3.05) is 45.2 Å². The Labute approximate surface area is 213 Å². The van der Waals surface area contributed by atoms with E-state index in [2.05, 4.69) is 14.9 Å². The van der Waals surface area contributed by atoms with Gasteiger partial charge in [0, 0.05) is 44.1 Å². The number of hydrogen-bond donors (Lipinski definition) is 1. The van der Waals surface area contributed by atoms with Crippen molar-refractivity contribution < 1.29 is 14.3 Å². The van der Waals surface area contributed by atoms with Crippen molar-refractivity contribution in [2.24, 2.45) is 0 Å². The van der Waals surface area contributed by atoms with Gasteiger partial charge in [0.15, 0.2) is 5.82 Å². The van der Waals surface area contributed by atoms with Gasteiger partial charge in [-0.2, -0.15) is 0 Å². The van der Waals surface area contributed by atoms with Gasteiger partial charge in [0.2, 0.25) is 5.91 Å². The molecule has 1 aliphatic heterocycles. The Kier molecular flexibility index (Phi) is 6.40. The zero-order valence-electron chi connectivity index (χ0n) is 20.4. The number of nitrogens with zero attached hydrogens (tertiary/aromatic N) is 5. The lowest BCUT2D eigenvalue weighted by Crippen LogP contribution is -2.58. The van der Waals surface area contributed by atoms with Crippen LogP contribution in [0.2, 0.25) is 5.02 Å². The summed E-state index contributed by atoms with van der Waals surface area (Å²) in [6.45, 7) is 3.95. The lowest BCUT2D eigenvalue weighted by molar-refractivity contribution is -0.131. The van der Waals surface area contributed by atoms with Crippen molar-refractivity contribution in [1.29, 1.82) is 0 Å². The van der Waals surface area contributed by atoms with Crippen molar-refractivity contribution >= 4 is 45.0 Å². The number of likely N-dealkylation sites (N-methyl/N-ethyl adjacent to an activating group) is 1. The van der Waals surface area contributed by atoms with E-state index in [0.29, 0.717) is 42.9 Å². The number of carbonyl (C=O) groups is 1. The monoisotopic (exact) mass is 507 g/mol. The number of aromatic nitrogens is 2. The highest BCUT2D eigenvalue weighted by Gasteiger charge is 2.31. The molecule has 0 bridgehead atoms. The summed E-state index contributed by atoms with van der Waals surface area (Å²) in [5.74, 6) is 0.0771. The molecule has 1 saturated heterocycles. The summed E-state index contributed by atoms with van der Waals surface area (Å²) < 4.78 is 16.1. The van der Waals surface area contributed by atoms with Gasteiger partial charge in [-0.15, -0.1) is 0 Å². The minimum atomic E-state index is -0.566. The lowest BCUT2D eigenvalue weighted by atomic mass is 9.96. The molecule has 1 aromatic heterocycles. The van der Waals surface area contributed by atoms with E-state index in [1.165, 1.54) is 12.4 Å². The normalized spacial score (nSPS) is 16.3. The smallest absolute Gasteiger partial charge is 0.219 e. The minimum absolute atomic E-state index is 0.0258. The zero-order chi connectivity index (χ0) is 25.6. The highest BCUT2D eigenvalue weighted by atomic mass is 35.5. The molecule has 4 aromatic rings. The fraction of sp³-hybridized carbons (Fsp3) is 0.296. The molecule has 1 fully saturated rings. The van der Waals surface area contributed by atoms with E-state index in [9.17, 15) is 9.90 Å². The number of amides is 1. The van der Waals surface area contributed by atoms with E-state index >= 15 is 4.39 Å². The third-order valence-corrected chi connectivity index (χ3v) is 6.98. The van der Waals surface area contributed by atoms with Crippen molar-refractivity contribution in [1.82, 2.24) is 19.8 Å². The Bertz CT molecular complexity index is 1480. The van der Waals surface area contributed by atoms with Crippen LogP contribution in [0.1, 0.15) is 6.92 Å². The fourth-order valence-corrected chi connectivity index (χ4v) is 5.45. The molecule has 0 radical (unpaired) electrons. The summed E-state index contributed by atoms with van der Waals surface area (Å²) in [5.41, 5.74) is 0.842. The van der Waals surface area contributed by atoms with Crippen molar-refractivity contribution in [3.8, 4) is 16.9 Å². The first-order valence-corrected chi connectivity index (χ1v) is 12.1. The van der Waals surface area contributed by atoms with Gasteiger partial charge in [-0.3, -0.25) is 4.79 Å². The van der Waals surface area contributed by atoms with Crippen LogP contribution in [0.3, 0.4) is 0 Å². The van der Waals surface area contributed by atoms with Gasteiger partial charge in [-0.25, -0.2) is 14.4 Å². The third kappa shape index (κ3) is 4.31. The van der Waals surface area contributed by atoms with Crippen molar-refractivity contribution in [2.45, 2.75) is 13.0 Å². The molecule has 1 atom stereocenters. The molecule has 0 saturated carbocycles. The van der Waals surface area contributed by atoms with Crippen LogP contribution in [0.5, 0.6) is 5.75 Å². The van der Waals surface area contributed by atoms with E-state index in [0.717, 1.165) is 10.8 Å². The van der Waals surface area contributed by atoms with Crippen LogP contribution in [0.25, 0.3) is 32.8 Å². The molecule has 0 aliphatic carbocycles. The van der Waals surface area contributed by atoms with Crippen LogP contribution in [0.4, 0.5) is 10.2 Å². The minimum Gasteiger partial charge on any atom is -0.508 e. The number of piperazine rings is 1. The Hall–Kier alpha value is -3.49. The number of rotatable bonds is 4. The van der Waals surface area contributed by atoms with E-state index < -0.39 is 5.82 Å². The third-order valence-electron chi connectivity index (χ3n) is 6.68. The molecule has 1 unspecified atom stereocenters. The number of aromatic hydroxyl groups is 1. The molecular weight excluding hydrogens is 481 g/mol. The maximum atomic E-state index is 16.1. The van der Waals surface area contributed by atoms with Gasteiger partial charge in [0.25, 0.3) is 0 Å². The number of fused-ring (bicyclic) bond motifs is 2. The summed E-state index contributed by atoms with van der Waals surface area (Å²) in [4.78, 5) is 27.0. The SMILES string of the molecule is CC(=O)N1CCN(c2ncnc3c(F)c(-c4cc(O)cc5ccccc45)c(Cl)cc23)CC1CN(C)C. The molecule has 5 rings (SSSR count). The lowest BCUT2D eigenvalue weighted by Gasteiger charge is -2.42. The molecule has 3 aromatic carbocycles. The highest BCUT2D eigenvalue weighted by molar-refractivity contribution is 6.35. The Morgan fingerprint density at radius 1 is 1.17 bits per heavy atom. The predicted molar refractivity (Wildman–Crippen MR) is 141 cm³/mol. The number of phenolic OH excluding ortho intramolecular Hbond substituents is 1. The summed E-state index contributed by atoms with van der Waals surface area (Å²) in [6, 6.07) is 12.3. The molecule has 2 heterocycles. The Balaban J connectivity index is 1.62. The average Bonchev–Trinajstić information content (AvgIpc) is 2.83. The fourth-order valence-electron chi connectivity index (χ4n) is 5.16. The number of halogens is 2. The summed E-state index contributed by atoms with van der Waals surface area (Å²) in [5, 5.41) is 12.6. The van der Waals surface area contributed by atoms with Crippen molar-refractivity contribution in [3.63, 3.8) is 0 Å². The highest BCUT2D eigenvalue weighted by Crippen LogP contribution is 2.41. The first-order chi connectivity index (χ1) is 17.2. The van der Waals surface area contributed by atoms with Gasteiger partial charge in [-0.1, -0.05) is 35.9 Å². The van der Waals surface area contributed by atoms with Crippen LogP contribution < -0.4 is 4.90 Å². The van der Waals surface area contributed by atoms with Crippen LogP contribution >= 0.6 is 11.6 Å². The maximum absolute atomic E-state index is 16.1.